The Labute approximate surface area is 413 Å². The van der Waals surface area contributed by atoms with Crippen LogP contribution in [0, 0.1) is 0 Å². The number of hydrogen-bond donors (Lipinski definition) is 0. The second-order valence-corrected chi connectivity index (χ2v) is 18.7. The zero-order chi connectivity index (χ0) is 48.0. The predicted molar refractivity (Wildman–Crippen MR) is 291 cm³/mol. The lowest BCUT2D eigenvalue weighted by molar-refractivity contribution is 0.252. The molecular formula is C62H54N6O3. The van der Waals surface area contributed by atoms with E-state index in [4.69, 9.17) is 28.5 Å². The fourth-order valence-electron chi connectivity index (χ4n) is 10.5. The van der Waals surface area contributed by atoms with Crippen LogP contribution in [0.1, 0.15) is 66.5 Å². The maximum Gasteiger partial charge on any atom is 0.307 e. The summed E-state index contributed by atoms with van der Waals surface area (Å²) in [7, 11) is 3.98. The number of para-hydroxylation sites is 2. The summed E-state index contributed by atoms with van der Waals surface area (Å²) in [6.45, 7) is 7.19. The van der Waals surface area contributed by atoms with E-state index in [-0.39, 0.29) is 0 Å². The summed E-state index contributed by atoms with van der Waals surface area (Å²) in [6, 6.07) is 24.4. The lowest BCUT2D eigenvalue weighted by Gasteiger charge is -2.38. The molecule has 5 heterocycles. The number of rotatable bonds is 5. The Bertz CT molecular complexity index is 3750. The SMILES string of the molecule is C=C1/C=C\C(C)=C/CC2=C(CC=CC(C(=NC)N=C(c3ccc4oc5c(c4c3)CC=CC=C5)N(C)CN3C4=c5c(n(-c6nc7c(o6)CC=CC/C=C\7)c6ccccc56)=CC=C(C4)c4ccccc43)=C2)CO1. The van der Waals surface area contributed by atoms with Crippen LogP contribution in [0.2, 0.25) is 0 Å². The summed E-state index contributed by atoms with van der Waals surface area (Å²) in [6.07, 6.45) is 38.9. The van der Waals surface area contributed by atoms with E-state index >= 15 is 0 Å². The van der Waals surface area contributed by atoms with Crippen LogP contribution in [-0.2, 0) is 17.6 Å². The van der Waals surface area contributed by atoms with Crippen molar-refractivity contribution in [2.24, 2.45) is 9.98 Å². The number of aromatic nitrogens is 2. The lowest BCUT2D eigenvalue weighted by atomic mass is 9.93. The summed E-state index contributed by atoms with van der Waals surface area (Å²) in [5.41, 5.74) is 14.2. The summed E-state index contributed by atoms with van der Waals surface area (Å²) in [5, 5.41) is 4.40. The Morgan fingerprint density at radius 2 is 1.75 bits per heavy atom. The first-order valence-corrected chi connectivity index (χ1v) is 24.5. The van der Waals surface area contributed by atoms with Crippen molar-refractivity contribution in [2.75, 3.05) is 32.3 Å². The second kappa shape index (κ2) is 18.5. The molecule has 2 bridgehead atoms. The number of anilines is 1. The molecule has 6 aromatic rings. The molecule has 4 aliphatic carbocycles. The predicted octanol–water partition coefficient (Wildman–Crippen LogP) is 12.2. The number of amidine groups is 2. The highest BCUT2D eigenvalue weighted by Gasteiger charge is 2.31. The van der Waals surface area contributed by atoms with Gasteiger partial charge in [0.15, 0.2) is 5.84 Å². The molecule has 12 rings (SSSR count). The maximum absolute atomic E-state index is 6.69. The number of hydrogen-bond acceptors (Lipinski definition) is 6. The van der Waals surface area contributed by atoms with Crippen LogP contribution in [0.3, 0.4) is 0 Å². The van der Waals surface area contributed by atoms with Gasteiger partial charge in [-0.3, -0.25) is 9.56 Å². The summed E-state index contributed by atoms with van der Waals surface area (Å²) in [5.74, 6) is 3.81. The van der Waals surface area contributed by atoms with E-state index in [9.17, 15) is 0 Å². The van der Waals surface area contributed by atoms with Crippen molar-refractivity contribution < 1.29 is 13.6 Å². The van der Waals surface area contributed by atoms with Crippen LogP contribution in [0.15, 0.2) is 199 Å². The first-order valence-electron chi connectivity index (χ1n) is 24.5. The molecule has 0 amide bonds. The van der Waals surface area contributed by atoms with Gasteiger partial charge in [0.05, 0.1) is 23.2 Å². The Kier molecular flexibility index (Phi) is 11.4. The van der Waals surface area contributed by atoms with Crippen LogP contribution in [0.25, 0.3) is 57.4 Å². The molecule has 71 heavy (non-hydrogen) atoms. The van der Waals surface area contributed by atoms with Crippen LogP contribution in [0.5, 0.6) is 0 Å². The second-order valence-electron chi connectivity index (χ2n) is 18.7. The van der Waals surface area contributed by atoms with E-state index in [0.717, 1.165) is 116 Å². The van der Waals surface area contributed by atoms with Gasteiger partial charge in [0, 0.05) is 70.9 Å². The molecule has 0 saturated carbocycles. The van der Waals surface area contributed by atoms with Crippen LogP contribution in [0.4, 0.5) is 5.69 Å². The molecule has 0 unspecified atom stereocenters. The van der Waals surface area contributed by atoms with Gasteiger partial charge in [-0.2, -0.15) is 4.98 Å². The first-order chi connectivity index (χ1) is 34.9. The number of fused-ring (bicyclic) bond motifs is 11. The average molecular weight is 931 g/mol. The molecule has 0 radical (unpaired) electrons. The largest absolute Gasteiger partial charge is 0.490 e. The van der Waals surface area contributed by atoms with Crippen molar-refractivity contribution in [3.8, 4) is 6.01 Å². The van der Waals surface area contributed by atoms with Crippen LogP contribution in [-0.4, -0.2) is 53.5 Å². The van der Waals surface area contributed by atoms with Gasteiger partial charge in [0.2, 0.25) is 0 Å². The Balaban J connectivity index is 1.02. The monoisotopic (exact) mass is 930 g/mol. The molecule has 0 N–H and O–H groups in total. The van der Waals surface area contributed by atoms with Crippen LogP contribution < -0.4 is 15.5 Å². The van der Waals surface area contributed by atoms with Gasteiger partial charge in [-0.15, -0.1) is 0 Å². The zero-order valence-electron chi connectivity index (χ0n) is 40.4. The minimum atomic E-state index is 0.467. The molecule has 0 saturated heterocycles. The number of furan rings is 1. The van der Waals surface area contributed by atoms with Crippen molar-refractivity contribution >= 4 is 68.7 Å². The van der Waals surface area contributed by atoms with Gasteiger partial charge < -0.3 is 23.4 Å². The standard InChI is InChI=1S/C62H54N6O3/c1-40-27-29-41(2)69-38-46-18-16-17-44(35-42(46)30-28-40)60(63-3)65-61(45-32-34-57-50(36-45)48-20-8-7-11-25-56(48)70-57)66(4)39-67-52-23-14-12-19-47(52)43-31-33-54-59(55(67)37-43)49-21-13-15-24-53(49)68(54)62-64-51-22-9-5-6-10-26-58(51)71-62/h6-17,19,21-25,27-29,31-36H,2,5,18,20,26,30,37-39H2,1,3-4H3/b10-6?,22-9-,29-27-,40-28-,63-60?,65-61?. The number of ether oxygens (including phenoxy) is 1. The van der Waals surface area contributed by atoms with Gasteiger partial charge in [0.1, 0.15) is 41.0 Å². The number of oxazole rings is 1. The number of nitrogens with zero attached hydrogens (tertiary/aromatic N) is 6. The fourth-order valence-corrected chi connectivity index (χ4v) is 10.5. The maximum atomic E-state index is 6.69. The van der Waals surface area contributed by atoms with Gasteiger partial charge in [-0.1, -0.05) is 115 Å². The highest BCUT2D eigenvalue weighted by molar-refractivity contribution is 6.13. The van der Waals surface area contributed by atoms with Gasteiger partial charge >= 0.3 is 6.01 Å². The molecule has 9 nitrogen and oxygen atoms in total. The van der Waals surface area contributed by atoms with E-state index < -0.39 is 0 Å². The lowest BCUT2D eigenvalue weighted by Crippen LogP contribution is -2.44. The summed E-state index contributed by atoms with van der Waals surface area (Å²) >= 11 is 0. The van der Waals surface area contributed by atoms with Crippen molar-refractivity contribution in [2.45, 2.75) is 45.4 Å². The molecule has 6 aliphatic rings. The van der Waals surface area contributed by atoms with Crippen LogP contribution >= 0.6 is 0 Å². The fraction of sp³-hybridized carbons (Fsp3) is 0.177. The smallest absolute Gasteiger partial charge is 0.307 e. The third kappa shape index (κ3) is 8.17. The third-order valence-electron chi connectivity index (χ3n) is 14.1. The Morgan fingerprint density at radius 3 is 2.68 bits per heavy atom. The van der Waals surface area contributed by atoms with E-state index in [1.54, 1.807) is 0 Å². The van der Waals surface area contributed by atoms with E-state index in [0.29, 0.717) is 37.3 Å². The zero-order valence-corrected chi connectivity index (χ0v) is 40.4. The van der Waals surface area contributed by atoms with Gasteiger partial charge in [-0.05, 0) is 110 Å². The van der Waals surface area contributed by atoms with E-state index in [1.165, 1.54) is 28.0 Å². The number of allylic oxidation sites excluding steroid dienone is 14. The number of aliphatic imine (C=N–C) groups is 2. The summed E-state index contributed by atoms with van der Waals surface area (Å²) in [4.78, 5) is 20.5. The van der Waals surface area contributed by atoms with Crippen molar-refractivity contribution in [3.63, 3.8) is 0 Å². The quantitative estimate of drug-likeness (QED) is 0.0973. The molecule has 3 aromatic heterocycles. The Hall–Kier alpha value is -8.43. The minimum absolute atomic E-state index is 0.467. The van der Waals surface area contributed by atoms with Gasteiger partial charge in [-0.25, -0.2) is 4.99 Å². The van der Waals surface area contributed by atoms with Crippen molar-refractivity contribution in [3.05, 3.63) is 225 Å². The summed E-state index contributed by atoms with van der Waals surface area (Å²) < 4.78 is 21.5. The van der Waals surface area contributed by atoms with E-state index in [1.807, 2.05) is 19.2 Å². The third-order valence-corrected chi connectivity index (χ3v) is 14.1. The molecule has 350 valence electrons. The highest BCUT2D eigenvalue weighted by atomic mass is 16.5. The molecule has 0 spiro atoms. The molecule has 0 fully saturated rings. The molecule has 9 heteroatoms. The molecular weight excluding hydrogens is 877 g/mol. The van der Waals surface area contributed by atoms with E-state index in [2.05, 4.69) is 187 Å². The van der Waals surface area contributed by atoms with Gasteiger partial charge in [0.25, 0.3) is 0 Å². The molecule has 3 aromatic carbocycles. The topological polar surface area (TPSA) is 84.5 Å². The normalized spacial score (nSPS) is 19.3. The highest BCUT2D eigenvalue weighted by Crippen LogP contribution is 2.41. The van der Waals surface area contributed by atoms with Crippen molar-refractivity contribution in [1.29, 1.82) is 0 Å². The first kappa shape index (κ1) is 43.8. The number of benzene rings is 3. The molecule has 2 aliphatic heterocycles. The average Bonchev–Trinajstić information content (AvgIpc) is 3.84. The minimum Gasteiger partial charge on any atom is -0.490 e. The van der Waals surface area contributed by atoms with Crippen molar-refractivity contribution in [1.82, 2.24) is 14.5 Å². The molecule has 0 atom stereocenters. The Morgan fingerprint density at radius 1 is 0.845 bits per heavy atom.